The van der Waals surface area contributed by atoms with Crippen molar-refractivity contribution in [3.8, 4) is 0 Å². The van der Waals surface area contributed by atoms with Crippen LogP contribution in [-0.4, -0.2) is 17.8 Å². The van der Waals surface area contributed by atoms with Gasteiger partial charge in [0.05, 0.1) is 5.56 Å². The largest absolute Gasteiger partial charge is 0.352 e. The van der Waals surface area contributed by atoms with E-state index in [0.717, 1.165) is 12.8 Å². The Morgan fingerprint density at radius 1 is 1.53 bits per heavy atom. The molecule has 0 bridgehead atoms. The maximum absolute atomic E-state index is 13.6. The lowest BCUT2D eigenvalue weighted by Gasteiger charge is -2.07. The van der Waals surface area contributed by atoms with E-state index in [1.165, 1.54) is 6.07 Å². The Balaban J connectivity index is 2.50. The van der Waals surface area contributed by atoms with Crippen LogP contribution < -0.4 is 5.32 Å². The van der Waals surface area contributed by atoms with E-state index in [-0.39, 0.29) is 16.8 Å². The molecular weight excluding hydrogens is 241 g/mol. The van der Waals surface area contributed by atoms with E-state index in [4.69, 9.17) is 11.6 Å². The monoisotopic (exact) mass is 257 g/mol. The van der Waals surface area contributed by atoms with Crippen molar-refractivity contribution in [3.63, 3.8) is 0 Å². The number of halogens is 2. The van der Waals surface area contributed by atoms with Crippen LogP contribution in [0.5, 0.6) is 0 Å². The van der Waals surface area contributed by atoms with Gasteiger partial charge in [0.1, 0.15) is 5.82 Å². The molecule has 2 nitrogen and oxygen atoms in total. The van der Waals surface area contributed by atoms with Crippen molar-refractivity contribution < 1.29 is 9.18 Å². The maximum Gasteiger partial charge on any atom is 0.254 e. The quantitative estimate of drug-likeness (QED) is 0.637. The summed E-state index contributed by atoms with van der Waals surface area (Å²) in [5, 5.41) is 2.78. The van der Waals surface area contributed by atoms with Crippen LogP contribution in [0, 0.1) is 12.7 Å². The van der Waals surface area contributed by atoms with Crippen LogP contribution in [0.3, 0.4) is 0 Å². The first-order chi connectivity index (χ1) is 8.02. The summed E-state index contributed by atoms with van der Waals surface area (Å²) in [5.74, 6) is -0.816. The summed E-state index contributed by atoms with van der Waals surface area (Å²) >= 11 is 5.78. The molecule has 0 heterocycles. The van der Waals surface area contributed by atoms with E-state index in [9.17, 15) is 9.18 Å². The van der Waals surface area contributed by atoms with Gasteiger partial charge in [-0.1, -0.05) is 12.1 Å². The van der Waals surface area contributed by atoms with Crippen LogP contribution in [0.15, 0.2) is 18.2 Å². The predicted octanol–water partition coefficient (Wildman–Crippen LogP) is 3.27. The number of alkyl halides is 1. The number of carbonyl (C=O) groups excluding carboxylic acids is 1. The van der Waals surface area contributed by atoms with Crippen molar-refractivity contribution in [3.05, 3.63) is 35.1 Å². The molecule has 17 heavy (non-hydrogen) atoms. The smallest absolute Gasteiger partial charge is 0.254 e. The number of hydrogen-bond acceptors (Lipinski definition) is 1. The molecule has 1 N–H and O–H groups in total. The Kier molecular flexibility index (Phi) is 5.42. The van der Waals surface area contributed by atoms with Crippen LogP contribution in [0.2, 0.25) is 0 Å². The lowest BCUT2D eigenvalue weighted by atomic mass is 10.1. The van der Waals surface area contributed by atoms with Gasteiger partial charge in [0.2, 0.25) is 0 Å². The minimum Gasteiger partial charge on any atom is -0.352 e. The van der Waals surface area contributed by atoms with Crippen LogP contribution in [-0.2, 0) is 0 Å². The first-order valence-corrected chi connectivity index (χ1v) is 6.13. The van der Waals surface area contributed by atoms with Gasteiger partial charge in [0.25, 0.3) is 5.91 Å². The number of rotatable bonds is 5. The molecule has 1 unspecified atom stereocenters. The minimum atomic E-state index is -0.448. The zero-order valence-corrected chi connectivity index (χ0v) is 10.9. The fraction of sp³-hybridized carbons (Fsp3) is 0.462. The fourth-order valence-electron chi connectivity index (χ4n) is 1.50. The van der Waals surface area contributed by atoms with E-state index in [1.54, 1.807) is 19.1 Å². The highest BCUT2D eigenvalue weighted by atomic mass is 35.5. The number of hydrogen-bond donors (Lipinski definition) is 1. The fourth-order valence-corrected chi connectivity index (χ4v) is 1.66. The molecule has 1 amide bonds. The van der Waals surface area contributed by atoms with Crippen molar-refractivity contribution in [2.75, 3.05) is 6.54 Å². The Labute approximate surface area is 106 Å². The second-order valence-corrected chi connectivity index (χ2v) is 4.86. The summed E-state index contributed by atoms with van der Waals surface area (Å²) < 4.78 is 13.6. The molecule has 0 aliphatic rings. The average molecular weight is 258 g/mol. The molecule has 0 saturated carbocycles. The second-order valence-electron chi connectivity index (χ2n) is 4.12. The SMILES string of the molecule is Cc1cccc(C(=O)NCCCC(C)Cl)c1F. The average Bonchev–Trinajstić information content (AvgIpc) is 2.27. The van der Waals surface area contributed by atoms with Crippen molar-refractivity contribution in [2.45, 2.75) is 32.1 Å². The molecule has 0 aliphatic carbocycles. The number of carbonyl (C=O) groups is 1. The summed E-state index contributed by atoms with van der Waals surface area (Å²) in [6.07, 6.45) is 1.63. The van der Waals surface area contributed by atoms with E-state index >= 15 is 0 Å². The van der Waals surface area contributed by atoms with Crippen molar-refractivity contribution in [1.82, 2.24) is 5.32 Å². The highest BCUT2D eigenvalue weighted by molar-refractivity contribution is 6.20. The third kappa shape index (κ3) is 4.35. The molecular formula is C13H17ClFNO. The zero-order chi connectivity index (χ0) is 12.8. The molecule has 0 aromatic heterocycles. The summed E-state index contributed by atoms with van der Waals surface area (Å²) in [4.78, 5) is 11.7. The Bertz CT molecular complexity index is 393. The third-order valence-electron chi connectivity index (χ3n) is 2.50. The summed E-state index contributed by atoms with van der Waals surface area (Å²) in [7, 11) is 0. The molecule has 0 radical (unpaired) electrons. The number of amides is 1. The molecule has 94 valence electrons. The van der Waals surface area contributed by atoms with Crippen molar-refractivity contribution in [2.24, 2.45) is 0 Å². The molecule has 0 saturated heterocycles. The summed E-state index contributed by atoms with van der Waals surface area (Å²) in [5.41, 5.74) is 0.580. The molecule has 1 aromatic carbocycles. The van der Waals surface area contributed by atoms with Crippen molar-refractivity contribution in [1.29, 1.82) is 0 Å². The van der Waals surface area contributed by atoms with E-state index in [1.807, 2.05) is 6.92 Å². The van der Waals surface area contributed by atoms with E-state index < -0.39 is 5.82 Å². The first kappa shape index (κ1) is 14.0. The molecule has 0 fully saturated rings. The summed E-state index contributed by atoms with van der Waals surface area (Å²) in [6, 6.07) is 4.80. The molecule has 1 atom stereocenters. The van der Waals surface area contributed by atoms with Crippen LogP contribution >= 0.6 is 11.6 Å². The number of nitrogens with one attached hydrogen (secondary N) is 1. The molecule has 0 aliphatic heterocycles. The molecule has 1 aromatic rings. The predicted molar refractivity (Wildman–Crippen MR) is 68.0 cm³/mol. The summed E-state index contributed by atoms with van der Waals surface area (Å²) in [6.45, 7) is 4.06. The van der Waals surface area contributed by atoms with Gasteiger partial charge in [0.15, 0.2) is 0 Å². The van der Waals surface area contributed by atoms with Gasteiger partial charge in [-0.2, -0.15) is 0 Å². The van der Waals surface area contributed by atoms with E-state index in [0.29, 0.717) is 12.1 Å². The van der Waals surface area contributed by atoms with Gasteiger partial charge in [-0.3, -0.25) is 4.79 Å². The number of benzene rings is 1. The molecule has 1 rings (SSSR count). The van der Waals surface area contributed by atoms with Gasteiger partial charge >= 0.3 is 0 Å². The third-order valence-corrected chi connectivity index (χ3v) is 2.72. The first-order valence-electron chi connectivity index (χ1n) is 5.69. The lowest BCUT2D eigenvalue weighted by Crippen LogP contribution is -2.25. The van der Waals surface area contributed by atoms with Crippen LogP contribution in [0.4, 0.5) is 4.39 Å². The van der Waals surface area contributed by atoms with Gasteiger partial charge in [-0.25, -0.2) is 4.39 Å². The number of aryl methyl sites for hydroxylation is 1. The van der Waals surface area contributed by atoms with Gasteiger partial charge in [-0.05, 0) is 38.3 Å². The van der Waals surface area contributed by atoms with Crippen molar-refractivity contribution >= 4 is 17.5 Å². The maximum atomic E-state index is 13.6. The highest BCUT2D eigenvalue weighted by Gasteiger charge is 2.12. The Morgan fingerprint density at radius 2 is 2.24 bits per heavy atom. The standard InChI is InChI=1S/C13H17ClFNO/c1-9-5-3-7-11(12(9)15)13(17)16-8-4-6-10(2)14/h3,5,7,10H,4,6,8H2,1-2H3,(H,16,17). The normalized spacial score (nSPS) is 12.2. The zero-order valence-electron chi connectivity index (χ0n) is 10.1. The molecule has 0 spiro atoms. The van der Waals surface area contributed by atoms with Gasteiger partial charge < -0.3 is 5.32 Å². The Hall–Kier alpha value is -1.09. The highest BCUT2D eigenvalue weighted by Crippen LogP contribution is 2.11. The molecule has 4 heteroatoms. The minimum absolute atomic E-state index is 0.0996. The second kappa shape index (κ2) is 6.60. The van der Waals surface area contributed by atoms with Crippen LogP contribution in [0.1, 0.15) is 35.7 Å². The van der Waals surface area contributed by atoms with E-state index in [2.05, 4.69) is 5.32 Å². The van der Waals surface area contributed by atoms with Gasteiger partial charge in [-0.15, -0.1) is 11.6 Å². The topological polar surface area (TPSA) is 29.1 Å². The lowest BCUT2D eigenvalue weighted by molar-refractivity contribution is 0.0949. The van der Waals surface area contributed by atoms with Gasteiger partial charge in [0, 0.05) is 11.9 Å². The Morgan fingerprint density at radius 3 is 2.88 bits per heavy atom. The van der Waals surface area contributed by atoms with Crippen LogP contribution in [0.25, 0.3) is 0 Å².